The number of nitrogen functional groups attached to an aromatic ring is 1. The first-order chi connectivity index (χ1) is 17.1. The molecule has 1 aromatic heterocycles. The SMILES string of the molecule is Nc1ccc(N2CCN(C(=O)c3ccccc3C(F)(F)F)CC2)nn1.O=C(Cl)COc1ccccc1. The summed E-state index contributed by atoms with van der Waals surface area (Å²) in [4.78, 5) is 26.1. The second-order valence-electron chi connectivity index (χ2n) is 7.60. The molecule has 2 N–H and O–H groups in total. The summed E-state index contributed by atoms with van der Waals surface area (Å²) < 4.78 is 44.2. The van der Waals surface area contributed by atoms with Crippen LogP contribution >= 0.6 is 11.6 Å². The molecule has 12 heteroatoms. The molecule has 0 atom stereocenters. The largest absolute Gasteiger partial charge is 0.484 e. The van der Waals surface area contributed by atoms with Gasteiger partial charge in [0, 0.05) is 26.2 Å². The molecule has 1 saturated heterocycles. The summed E-state index contributed by atoms with van der Waals surface area (Å²) >= 11 is 5.06. The van der Waals surface area contributed by atoms with Crippen LogP contribution in [0.2, 0.25) is 0 Å². The van der Waals surface area contributed by atoms with E-state index < -0.39 is 22.9 Å². The molecule has 190 valence electrons. The molecule has 1 aliphatic heterocycles. The molecule has 1 aliphatic rings. The Kier molecular flexibility index (Phi) is 9.07. The van der Waals surface area contributed by atoms with Gasteiger partial charge in [0.25, 0.3) is 11.1 Å². The van der Waals surface area contributed by atoms with E-state index in [0.717, 1.165) is 6.07 Å². The maximum absolute atomic E-state index is 13.1. The molecule has 3 aromatic rings. The number of para-hydroxylation sites is 1. The molecule has 36 heavy (non-hydrogen) atoms. The molecule has 2 aromatic carbocycles. The summed E-state index contributed by atoms with van der Waals surface area (Å²) in [5, 5.41) is 7.26. The number of halogens is 4. The van der Waals surface area contributed by atoms with Gasteiger partial charge in [-0.2, -0.15) is 13.2 Å². The first-order valence-corrected chi connectivity index (χ1v) is 11.2. The maximum Gasteiger partial charge on any atom is 0.417 e. The minimum Gasteiger partial charge on any atom is -0.484 e. The van der Waals surface area contributed by atoms with Crippen molar-refractivity contribution in [2.45, 2.75) is 6.18 Å². The number of piperazine rings is 1. The molecule has 0 radical (unpaired) electrons. The monoisotopic (exact) mass is 521 g/mol. The van der Waals surface area contributed by atoms with Gasteiger partial charge >= 0.3 is 6.18 Å². The summed E-state index contributed by atoms with van der Waals surface area (Å²) in [7, 11) is 0. The Morgan fingerprint density at radius 1 is 0.917 bits per heavy atom. The topological polar surface area (TPSA) is 102 Å². The molecule has 0 unspecified atom stereocenters. The van der Waals surface area contributed by atoms with Crippen molar-refractivity contribution in [1.82, 2.24) is 15.1 Å². The highest BCUT2D eigenvalue weighted by Crippen LogP contribution is 2.32. The van der Waals surface area contributed by atoms with Crippen molar-refractivity contribution in [3.8, 4) is 5.75 Å². The van der Waals surface area contributed by atoms with Gasteiger partial charge in [0.2, 0.25) is 0 Å². The van der Waals surface area contributed by atoms with Crippen molar-refractivity contribution in [2.75, 3.05) is 43.4 Å². The number of ether oxygens (including phenoxy) is 1. The molecule has 4 rings (SSSR count). The molecule has 0 aliphatic carbocycles. The van der Waals surface area contributed by atoms with Crippen molar-refractivity contribution < 1.29 is 27.5 Å². The molecule has 0 spiro atoms. The number of benzene rings is 2. The van der Waals surface area contributed by atoms with Crippen LogP contribution in [0.15, 0.2) is 66.7 Å². The van der Waals surface area contributed by atoms with Gasteiger partial charge in [0.1, 0.15) is 11.6 Å². The van der Waals surface area contributed by atoms with Crippen LogP contribution in [0.25, 0.3) is 0 Å². The fraction of sp³-hybridized carbons (Fsp3) is 0.250. The number of alkyl halides is 3. The van der Waals surface area contributed by atoms with Crippen molar-refractivity contribution >= 4 is 34.4 Å². The Balaban J connectivity index is 0.000000275. The zero-order valence-electron chi connectivity index (χ0n) is 19.0. The van der Waals surface area contributed by atoms with Gasteiger partial charge in [0.05, 0.1) is 11.1 Å². The fourth-order valence-electron chi connectivity index (χ4n) is 3.39. The van der Waals surface area contributed by atoms with Gasteiger partial charge in [-0.05, 0) is 48.0 Å². The number of amides is 1. The van der Waals surface area contributed by atoms with Gasteiger partial charge < -0.3 is 20.3 Å². The Bertz CT molecular complexity index is 1160. The Morgan fingerprint density at radius 2 is 1.56 bits per heavy atom. The van der Waals surface area contributed by atoms with Gasteiger partial charge in [-0.3, -0.25) is 9.59 Å². The number of nitrogens with zero attached hydrogens (tertiary/aromatic N) is 4. The first kappa shape index (κ1) is 26.7. The van der Waals surface area contributed by atoms with Crippen molar-refractivity contribution in [3.05, 3.63) is 77.9 Å². The highest BCUT2D eigenvalue weighted by atomic mass is 35.5. The number of carbonyl (C=O) groups excluding carboxylic acids is 2. The smallest absolute Gasteiger partial charge is 0.417 e. The number of nitrogens with two attached hydrogens (primary N) is 1. The molecular formula is C24H23ClF3N5O3. The lowest BCUT2D eigenvalue weighted by atomic mass is 10.1. The minimum absolute atomic E-state index is 0.0778. The first-order valence-electron chi connectivity index (χ1n) is 10.8. The van der Waals surface area contributed by atoms with E-state index in [0.29, 0.717) is 43.6 Å². The number of rotatable bonds is 5. The Hall–Kier alpha value is -3.86. The quantitative estimate of drug-likeness (QED) is 0.508. The van der Waals surface area contributed by atoms with Crippen molar-refractivity contribution in [1.29, 1.82) is 0 Å². The number of anilines is 2. The molecule has 2 heterocycles. The third-order valence-corrected chi connectivity index (χ3v) is 5.23. The third-order valence-electron chi connectivity index (χ3n) is 5.12. The number of hydrogen-bond donors (Lipinski definition) is 1. The zero-order chi connectivity index (χ0) is 26.1. The average molecular weight is 522 g/mol. The standard InChI is InChI=1S/C16H16F3N5O.C8H7ClO2/c17-16(18,19)12-4-2-1-3-11(12)15(25)24-9-7-23(8-10-24)14-6-5-13(20)21-22-14;9-8(10)6-11-7-4-2-1-3-5-7/h1-6H,7-10H2,(H2,20,21);1-5H,6H2. The van der Waals surface area contributed by atoms with Gasteiger partial charge in [-0.15, -0.1) is 10.2 Å². The maximum atomic E-state index is 13.1. The third kappa shape index (κ3) is 7.57. The van der Waals surface area contributed by atoms with E-state index in [1.165, 1.54) is 23.1 Å². The van der Waals surface area contributed by atoms with Gasteiger partial charge in [0.15, 0.2) is 12.4 Å². The van der Waals surface area contributed by atoms with E-state index in [2.05, 4.69) is 10.2 Å². The molecule has 0 saturated carbocycles. The van der Waals surface area contributed by atoms with Crippen LogP contribution < -0.4 is 15.4 Å². The predicted molar refractivity (Wildman–Crippen MR) is 129 cm³/mol. The highest BCUT2D eigenvalue weighted by Gasteiger charge is 2.36. The summed E-state index contributed by atoms with van der Waals surface area (Å²) in [6, 6.07) is 17.2. The van der Waals surface area contributed by atoms with E-state index in [1.54, 1.807) is 24.3 Å². The molecule has 8 nitrogen and oxygen atoms in total. The van der Waals surface area contributed by atoms with Crippen LogP contribution in [-0.4, -0.2) is 59.0 Å². The lowest BCUT2D eigenvalue weighted by Gasteiger charge is -2.35. The average Bonchev–Trinajstić information content (AvgIpc) is 2.88. The molecular weight excluding hydrogens is 499 g/mol. The van der Waals surface area contributed by atoms with E-state index in [-0.39, 0.29) is 12.2 Å². The van der Waals surface area contributed by atoms with Crippen LogP contribution in [0.3, 0.4) is 0 Å². The Morgan fingerprint density at radius 3 is 2.14 bits per heavy atom. The lowest BCUT2D eigenvalue weighted by molar-refractivity contribution is -0.138. The lowest BCUT2D eigenvalue weighted by Crippen LogP contribution is -2.49. The highest BCUT2D eigenvalue weighted by molar-refractivity contribution is 6.63. The number of hydrogen-bond acceptors (Lipinski definition) is 7. The van der Waals surface area contributed by atoms with Crippen LogP contribution in [0.5, 0.6) is 5.75 Å². The van der Waals surface area contributed by atoms with E-state index in [1.807, 2.05) is 23.1 Å². The Labute approximate surface area is 210 Å². The predicted octanol–water partition coefficient (Wildman–Crippen LogP) is 3.87. The van der Waals surface area contributed by atoms with E-state index >= 15 is 0 Å². The summed E-state index contributed by atoms with van der Waals surface area (Å²) in [5.41, 5.74) is 4.26. The molecule has 1 amide bonds. The summed E-state index contributed by atoms with van der Waals surface area (Å²) in [6.45, 7) is 1.44. The van der Waals surface area contributed by atoms with Gasteiger partial charge in [-0.1, -0.05) is 30.3 Å². The van der Waals surface area contributed by atoms with Crippen molar-refractivity contribution in [2.24, 2.45) is 0 Å². The van der Waals surface area contributed by atoms with Crippen LogP contribution in [-0.2, 0) is 11.0 Å². The summed E-state index contributed by atoms with van der Waals surface area (Å²) in [5.74, 6) is 0.968. The second kappa shape index (κ2) is 12.2. The number of carbonyl (C=O) groups is 2. The van der Waals surface area contributed by atoms with Crippen molar-refractivity contribution in [3.63, 3.8) is 0 Å². The van der Waals surface area contributed by atoms with Crippen LogP contribution in [0, 0.1) is 0 Å². The van der Waals surface area contributed by atoms with Crippen LogP contribution in [0.4, 0.5) is 24.8 Å². The molecule has 1 fully saturated rings. The van der Waals surface area contributed by atoms with E-state index in [4.69, 9.17) is 22.1 Å². The van der Waals surface area contributed by atoms with Crippen LogP contribution in [0.1, 0.15) is 15.9 Å². The van der Waals surface area contributed by atoms with Gasteiger partial charge in [-0.25, -0.2) is 0 Å². The van der Waals surface area contributed by atoms with E-state index in [9.17, 15) is 22.8 Å². The number of aromatic nitrogens is 2. The fourth-order valence-corrected chi connectivity index (χ4v) is 3.44. The molecule has 0 bridgehead atoms. The normalized spacial score (nSPS) is 13.4. The second-order valence-corrected chi connectivity index (χ2v) is 8.02. The zero-order valence-corrected chi connectivity index (χ0v) is 19.7. The summed E-state index contributed by atoms with van der Waals surface area (Å²) in [6.07, 6.45) is -4.56. The minimum atomic E-state index is -4.56.